The number of pyridine rings is 1. The number of para-hydroxylation sites is 2. The summed E-state index contributed by atoms with van der Waals surface area (Å²) in [6, 6.07) is 70.3. The Hall–Kier alpha value is -7.23. The van der Waals surface area contributed by atoms with Crippen LogP contribution < -0.4 is 0 Å². The molecule has 0 atom stereocenters. The maximum absolute atomic E-state index is 6.65. The van der Waals surface area contributed by atoms with Gasteiger partial charge in [-0.15, -0.1) is 0 Å². The minimum Gasteiger partial charge on any atom is -0.454 e. The van der Waals surface area contributed by atoms with Gasteiger partial charge >= 0.3 is 0 Å². The lowest BCUT2D eigenvalue weighted by Gasteiger charge is -2.34. The average Bonchev–Trinajstić information content (AvgIpc) is 3.93. The number of benzene rings is 8. The molecule has 3 aromatic heterocycles. The van der Waals surface area contributed by atoms with Crippen LogP contribution in [0.3, 0.4) is 0 Å². The number of nitrogens with zero attached hydrogens (tertiary/aromatic N) is 2. The van der Waals surface area contributed by atoms with Crippen molar-refractivity contribution in [1.82, 2.24) is 9.38 Å². The molecule has 3 nitrogen and oxygen atoms in total. The topological polar surface area (TPSA) is 30.4 Å². The van der Waals surface area contributed by atoms with E-state index >= 15 is 0 Å². The second-order valence-corrected chi connectivity index (χ2v) is 14.7. The van der Waals surface area contributed by atoms with E-state index in [1.54, 1.807) is 0 Å². The summed E-state index contributed by atoms with van der Waals surface area (Å²) in [6.45, 7) is 0. The van der Waals surface area contributed by atoms with Crippen molar-refractivity contribution in [2.45, 2.75) is 5.41 Å². The summed E-state index contributed by atoms with van der Waals surface area (Å²) in [5, 5.41) is 3.23. The second kappa shape index (κ2) is 11.4. The van der Waals surface area contributed by atoms with Gasteiger partial charge in [0.2, 0.25) is 0 Å². The highest BCUT2D eigenvalue weighted by atomic mass is 16.3. The van der Waals surface area contributed by atoms with Crippen LogP contribution in [0.5, 0.6) is 0 Å². The number of imidazole rings is 1. The summed E-state index contributed by atoms with van der Waals surface area (Å²) in [5.74, 6) is 0. The SMILES string of the molecule is c1ccc(C2(c3ccccc3)c3ccccc3-c3ccc(-c4ccc(-c5ccc6oc7c8ccccc8c8nc9ccccc9n8c7c6c5)cc4)cc32)cc1. The first kappa shape index (κ1) is 30.3. The predicted molar refractivity (Wildman–Crippen MR) is 226 cm³/mol. The molecule has 256 valence electrons. The van der Waals surface area contributed by atoms with Gasteiger partial charge in [-0.2, -0.15) is 0 Å². The van der Waals surface area contributed by atoms with Gasteiger partial charge in [0.15, 0.2) is 5.58 Å². The van der Waals surface area contributed by atoms with Crippen LogP contribution in [0.2, 0.25) is 0 Å². The van der Waals surface area contributed by atoms with E-state index in [2.05, 4.69) is 192 Å². The van der Waals surface area contributed by atoms with E-state index in [0.29, 0.717) is 0 Å². The van der Waals surface area contributed by atoms with E-state index in [1.807, 2.05) is 6.07 Å². The van der Waals surface area contributed by atoms with Gasteiger partial charge in [-0.25, -0.2) is 4.98 Å². The van der Waals surface area contributed by atoms with Crippen LogP contribution in [0.15, 0.2) is 199 Å². The van der Waals surface area contributed by atoms with Crippen LogP contribution in [0.1, 0.15) is 22.3 Å². The van der Waals surface area contributed by atoms with Crippen LogP contribution >= 0.6 is 0 Å². The van der Waals surface area contributed by atoms with Gasteiger partial charge in [-0.05, 0) is 86.0 Å². The number of furan rings is 1. The summed E-state index contributed by atoms with van der Waals surface area (Å²) in [6.07, 6.45) is 0. The molecule has 3 heteroatoms. The molecule has 0 unspecified atom stereocenters. The average molecular weight is 701 g/mol. The lowest BCUT2D eigenvalue weighted by molar-refractivity contribution is 0.672. The molecule has 0 fully saturated rings. The fourth-order valence-electron chi connectivity index (χ4n) is 9.46. The molecule has 1 aliphatic carbocycles. The van der Waals surface area contributed by atoms with Gasteiger partial charge in [0.05, 0.1) is 16.4 Å². The smallest absolute Gasteiger partial charge is 0.160 e. The third-order valence-electron chi connectivity index (χ3n) is 11.9. The lowest BCUT2D eigenvalue weighted by atomic mass is 9.67. The molecule has 3 heterocycles. The third kappa shape index (κ3) is 4.18. The molecule has 0 radical (unpaired) electrons. The maximum atomic E-state index is 6.65. The highest BCUT2D eigenvalue weighted by Gasteiger charge is 2.46. The standard InChI is InChI=1S/C52H32N2O/c1-3-13-37(14-4-1)52(38-15-5-2-6-16-38)44-20-10-9-17-39(44)40-29-27-36(32-45(40)52)34-25-23-33(24-26-34)35-28-30-48-43(31-35)49-50(55-48)41-18-7-8-19-42(41)51-53-46-21-11-12-22-47(46)54(49)51/h1-32H. The Morgan fingerprint density at radius 3 is 1.78 bits per heavy atom. The van der Waals surface area contributed by atoms with Crippen molar-refractivity contribution in [3.05, 3.63) is 216 Å². The highest BCUT2D eigenvalue weighted by Crippen LogP contribution is 2.56. The normalized spacial score (nSPS) is 13.2. The monoisotopic (exact) mass is 700 g/mol. The molecule has 55 heavy (non-hydrogen) atoms. The van der Waals surface area contributed by atoms with E-state index in [4.69, 9.17) is 9.40 Å². The summed E-state index contributed by atoms with van der Waals surface area (Å²) in [7, 11) is 0. The molecule has 1 aliphatic rings. The largest absolute Gasteiger partial charge is 0.454 e. The Morgan fingerprint density at radius 2 is 1.02 bits per heavy atom. The zero-order chi connectivity index (χ0) is 36.1. The fraction of sp³-hybridized carbons (Fsp3) is 0.0192. The van der Waals surface area contributed by atoms with E-state index in [1.165, 1.54) is 44.5 Å². The zero-order valence-corrected chi connectivity index (χ0v) is 29.8. The number of aromatic nitrogens is 2. The van der Waals surface area contributed by atoms with Gasteiger partial charge in [0.25, 0.3) is 0 Å². The van der Waals surface area contributed by atoms with Crippen LogP contribution in [0, 0.1) is 0 Å². The first-order chi connectivity index (χ1) is 27.3. The number of fused-ring (bicyclic) bond motifs is 13. The molecule has 0 bridgehead atoms. The summed E-state index contributed by atoms with van der Waals surface area (Å²) in [5.41, 5.74) is 17.8. The van der Waals surface area contributed by atoms with Crippen LogP contribution in [-0.2, 0) is 5.41 Å². The minimum absolute atomic E-state index is 0.426. The van der Waals surface area contributed by atoms with E-state index in [0.717, 1.165) is 60.6 Å². The van der Waals surface area contributed by atoms with Crippen molar-refractivity contribution in [3.63, 3.8) is 0 Å². The van der Waals surface area contributed by atoms with Crippen molar-refractivity contribution in [3.8, 4) is 33.4 Å². The van der Waals surface area contributed by atoms with Gasteiger partial charge in [-0.1, -0.05) is 164 Å². The maximum Gasteiger partial charge on any atom is 0.160 e. The van der Waals surface area contributed by atoms with E-state index in [-0.39, 0.29) is 0 Å². The number of hydrogen-bond acceptors (Lipinski definition) is 2. The molecule has 0 aliphatic heterocycles. The molecular formula is C52H32N2O. The van der Waals surface area contributed by atoms with Crippen molar-refractivity contribution in [1.29, 1.82) is 0 Å². The van der Waals surface area contributed by atoms with Crippen molar-refractivity contribution in [2.24, 2.45) is 0 Å². The van der Waals surface area contributed by atoms with Gasteiger partial charge in [-0.3, -0.25) is 4.40 Å². The number of hydrogen-bond donors (Lipinski definition) is 0. The Kier molecular flexibility index (Phi) is 6.26. The third-order valence-corrected chi connectivity index (χ3v) is 11.9. The van der Waals surface area contributed by atoms with Crippen LogP contribution in [0.4, 0.5) is 0 Å². The highest BCUT2D eigenvalue weighted by molar-refractivity contribution is 6.19. The molecule has 0 amide bonds. The van der Waals surface area contributed by atoms with Crippen LogP contribution in [-0.4, -0.2) is 9.38 Å². The Balaban J connectivity index is 1.01. The second-order valence-electron chi connectivity index (χ2n) is 14.7. The minimum atomic E-state index is -0.426. The Morgan fingerprint density at radius 1 is 0.436 bits per heavy atom. The molecule has 0 N–H and O–H groups in total. The van der Waals surface area contributed by atoms with Crippen molar-refractivity contribution >= 4 is 49.5 Å². The predicted octanol–water partition coefficient (Wildman–Crippen LogP) is 13.2. The summed E-state index contributed by atoms with van der Waals surface area (Å²) in [4.78, 5) is 5.10. The first-order valence-electron chi connectivity index (χ1n) is 18.9. The fourth-order valence-corrected chi connectivity index (χ4v) is 9.46. The molecule has 12 rings (SSSR count). The molecule has 0 saturated heterocycles. The Labute approximate surface area is 317 Å². The number of rotatable bonds is 4. The summed E-state index contributed by atoms with van der Waals surface area (Å²) >= 11 is 0. The van der Waals surface area contributed by atoms with E-state index in [9.17, 15) is 0 Å². The summed E-state index contributed by atoms with van der Waals surface area (Å²) < 4.78 is 8.93. The van der Waals surface area contributed by atoms with Crippen molar-refractivity contribution in [2.75, 3.05) is 0 Å². The molecule has 11 aromatic rings. The van der Waals surface area contributed by atoms with Crippen LogP contribution in [0.25, 0.3) is 82.9 Å². The van der Waals surface area contributed by atoms with Gasteiger partial charge in [0, 0.05) is 16.2 Å². The first-order valence-corrected chi connectivity index (χ1v) is 18.9. The zero-order valence-electron chi connectivity index (χ0n) is 29.8. The van der Waals surface area contributed by atoms with E-state index < -0.39 is 5.41 Å². The Bertz CT molecular complexity index is 3260. The molecule has 0 saturated carbocycles. The molecular weight excluding hydrogens is 669 g/mol. The molecule has 0 spiro atoms. The lowest BCUT2D eigenvalue weighted by Crippen LogP contribution is -2.28. The van der Waals surface area contributed by atoms with Gasteiger partial charge < -0.3 is 4.42 Å². The van der Waals surface area contributed by atoms with Gasteiger partial charge in [0.1, 0.15) is 16.7 Å². The quantitative estimate of drug-likeness (QED) is 0.183. The van der Waals surface area contributed by atoms with Crippen molar-refractivity contribution < 1.29 is 4.42 Å². The molecule has 8 aromatic carbocycles.